The molecule has 0 aromatic carbocycles. The van der Waals surface area contributed by atoms with Crippen LogP contribution < -0.4 is 0 Å². The van der Waals surface area contributed by atoms with Crippen molar-refractivity contribution in [3.05, 3.63) is 21.7 Å². The summed E-state index contributed by atoms with van der Waals surface area (Å²) in [5.74, 6) is -1.14. The lowest BCUT2D eigenvalue weighted by atomic mass is 9.72. The fourth-order valence-electron chi connectivity index (χ4n) is 5.52. The molecule has 2 aliphatic rings. The predicted octanol–water partition coefficient (Wildman–Crippen LogP) is 4.39. The number of nitrogens with zero attached hydrogens (tertiary/aromatic N) is 2. The molecule has 36 heavy (non-hydrogen) atoms. The molecule has 202 valence electrons. The average Bonchev–Trinajstić information content (AvgIpc) is 3.27. The van der Waals surface area contributed by atoms with Crippen molar-refractivity contribution in [2.24, 2.45) is 17.3 Å². The molecule has 7 atom stereocenters. The van der Waals surface area contributed by atoms with Gasteiger partial charge in [-0.2, -0.15) is 0 Å². The Morgan fingerprint density at radius 2 is 1.92 bits per heavy atom. The first-order chi connectivity index (χ1) is 16.7. The number of amides is 1. The van der Waals surface area contributed by atoms with Crippen molar-refractivity contribution in [2.45, 2.75) is 111 Å². The van der Waals surface area contributed by atoms with E-state index in [1.54, 1.807) is 44.1 Å². The van der Waals surface area contributed by atoms with Crippen LogP contribution in [-0.2, 0) is 14.3 Å². The van der Waals surface area contributed by atoms with Crippen LogP contribution in [0, 0.1) is 24.2 Å². The minimum atomic E-state index is -1.16. The molecule has 0 bridgehead atoms. The Labute approximate surface area is 219 Å². The van der Waals surface area contributed by atoms with Gasteiger partial charge in [-0.1, -0.05) is 34.1 Å². The van der Waals surface area contributed by atoms with E-state index < -0.39 is 23.5 Å². The lowest BCUT2D eigenvalue weighted by Gasteiger charge is -2.36. The Morgan fingerprint density at radius 3 is 2.53 bits per heavy atom. The van der Waals surface area contributed by atoms with Gasteiger partial charge < -0.3 is 19.8 Å². The van der Waals surface area contributed by atoms with E-state index in [2.05, 4.69) is 11.9 Å². The summed E-state index contributed by atoms with van der Waals surface area (Å²) < 4.78 is 6.16. The maximum atomic E-state index is 13.4. The second-order valence-electron chi connectivity index (χ2n) is 11.8. The quantitative estimate of drug-likeness (QED) is 0.561. The van der Waals surface area contributed by atoms with Gasteiger partial charge in [-0.25, -0.2) is 4.98 Å². The number of Topliss-reactive ketones (excluding diaryl/α,β-unsaturated/α-hetero) is 1. The van der Waals surface area contributed by atoms with Gasteiger partial charge in [0.2, 0.25) is 5.91 Å². The third kappa shape index (κ3) is 6.26. The number of fused-ring (bicyclic) bond motifs is 1. The smallest absolute Gasteiger partial charge is 0.225 e. The number of ketones is 1. The van der Waals surface area contributed by atoms with Crippen LogP contribution in [0.15, 0.2) is 11.0 Å². The van der Waals surface area contributed by atoms with Crippen LogP contribution in [0.4, 0.5) is 0 Å². The van der Waals surface area contributed by atoms with Gasteiger partial charge in [0.15, 0.2) is 0 Å². The largest absolute Gasteiger partial charge is 0.392 e. The minimum absolute atomic E-state index is 0.0215. The zero-order valence-electron chi connectivity index (χ0n) is 23.1. The highest BCUT2D eigenvalue weighted by atomic mass is 32.1. The number of hydrogen-bond acceptors (Lipinski definition) is 7. The number of hydrogen-bond donors (Lipinski definition) is 2. The molecule has 7 unspecified atom stereocenters. The van der Waals surface area contributed by atoms with E-state index in [9.17, 15) is 19.8 Å². The summed E-state index contributed by atoms with van der Waals surface area (Å²) in [5, 5.41) is 24.9. The van der Waals surface area contributed by atoms with Crippen LogP contribution >= 0.6 is 11.3 Å². The van der Waals surface area contributed by atoms with Crippen molar-refractivity contribution >= 4 is 29.1 Å². The van der Waals surface area contributed by atoms with Gasteiger partial charge in [-0.15, -0.1) is 11.3 Å². The average molecular weight is 521 g/mol. The van der Waals surface area contributed by atoms with Crippen molar-refractivity contribution in [2.75, 3.05) is 7.05 Å². The van der Waals surface area contributed by atoms with Crippen molar-refractivity contribution in [3.8, 4) is 0 Å². The van der Waals surface area contributed by atoms with Gasteiger partial charge in [-0.3, -0.25) is 9.59 Å². The Morgan fingerprint density at radius 1 is 1.25 bits per heavy atom. The van der Waals surface area contributed by atoms with E-state index >= 15 is 0 Å². The molecule has 7 nitrogen and oxygen atoms in total. The standard InChI is InChI=1S/C28H44N2O5S/c1-16-10-9-11-28(7)23(35-28)13-21(17(2)12-20-15-36-19(4)29-20)30(8)24(32)14-22(31)27(5,6)26(34)18(3)25(16)33/h12,15-16,18,21-23,25,31,33H,9-11,13-14H2,1-8H3. The van der Waals surface area contributed by atoms with E-state index in [-0.39, 0.29) is 41.8 Å². The van der Waals surface area contributed by atoms with Crippen molar-refractivity contribution in [3.63, 3.8) is 0 Å². The lowest BCUT2D eigenvalue weighted by molar-refractivity contribution is -0.145. The van der Waals surface area contributed by atoms with Crippen LogP contribution in [0.5, 0.6) is 0 Å². The van der Waals surface area contributed by atoms with Gasteiger partial charge >= 0.3 is 0 Å². The van der Waals surface area contributed by atoms with Crippen LogP contribution in [0.1, 0.15) is 84.3 Å². The number of likely N-dealkylation sites (N-methyl/N-ethyl adjacent to an activating group) is 1. The molecule has 2 N–H and O–H groups in total. The van der Waals surface area contributed by atoms with E-state index in [1.165, 1.54) is 0 Å². The Balaban J connectivity index is 1.91. The number of ether oxygens (including phenoxy) is 1. The van der Waals surface area contributed by atoms with E-state index in [0.717, 1.165) is 35.5 Å². The van der Waals surface area contributed by atoms with Gasteiger partial charge in [-0.05, 0) is 51.2 Å². The summed E-state index contributed by atoms with van der Waals surface area (Å²) in [7, 11) is 1.76. The van der Waals surface area contributed by atoms with Crippen LogP contribution in [0.2, 0.25) is 0 Å². The Hall–Kier alpha value is -1.61. The van der Waals surface area contributed by atoms with Crippen molar-refractivity contribution in [1.82, 2.24) is 9.88 Å². The number of aliphatic hydroxyl groups excluding tert-OH is 2. The molecule has 1 aromatic heterocycles. The first-order valence-corrected chi connectivity index (χ1v) is 14.0. The number of thiazole rings is 1. The summed E-state index contributed by atoms with van der Waals surface area (Å²) in [4.78, 5) is 33.0. The predicted molar refractivity (Wildman–Crippen MR) is 143 cm³/mol. The number of aliphatic hydroxyl groups is 2. The van der Waals surface area contributed by atoms with Crippen LogP contribution in [0.3, 0.4) is 0 Å². The molecular formula is C28H44N2O5S. The number of epoxide rings is 1. The topological polar surface area (TPSA) is 103 Å². The molecule has 3 heterocycles. The van der Waals surface area contributed by atoms with E-state index in [4.69, 9.17) is 4.74 Å². The van der Waals surface area contributed by atoms with Crippen LogP contribution in [0.25, 0.3) is 6.08 Å². The molecule has 1 amide bonds. The number of aryl methyl sites for hydroxylation is 1. The first-order valence-electron chi connectivity index (χ1n) is 13.1. The lowest BCUT2D eigenvalue weighted by Crippen LogP contribution is -2.47. The highest BCUT2D eigenvalue weighted by Gasteiger charge is 2.53. The first kappa shape index (κ1) is 29.0. The van der Waals surface area contributed by atoms with Gasteiger partial charge in [0.25, 0.3) is 0 Å². The number of rotatable bonds is 2. The highest BCUT2D eigenvalue weighted by molar-refractivity contribution is 7.09. The number of carbonyl (C=O) groups is 2. The summed E-state index contributed by atoms with van der Waals surface area (Å²) in [6, 6.07) is -0.218. The molecule has 2 fully saturated rings. The fourth-order valence-corrected chi connectivity index (χ4v) is 6.09. The molecule has 0 radical (unpaired) electrons. The van der Waals surface area contributed by atoms with Crippen LogP contribution in [-0.4, -0.2) is 68.8 Å². The molecule has 0 aliphatic carbocycles. The Kier molecular flexibility index (Phi) is 8.86. The molecule has 2 aliphatic heterocycles. The molecule has 0 spiro atoms. The number of carbonyl (C=O) groups excluding carboxylic acids is 2. The molecular weight excluding hydrogens is 476 g/mol. The second kappa shape index (κ2) is 11.0. The maximum absolute atomic E-state index is 13.4. The molecule has 3 rings (SSSR count). The maximum Gasteiger partial charge on any atom is 0.225 e. The molecule has 2 saturated heterocycles. The number of aromatic nitrogens is 1. The molecule has 1 aromatic rings. The second-order valence-corrected chi connectivity index (χ2v) is 12.9. The fraction of sp³-hybridized carbons (Fsp3) is 0.750. The highest BCUT2D eigenvalue weighted by Crippen LogP contribution is 2.45. The summed E-state index contributed by atoms with van der Waals surface area (Å²) >= 11 is 1.59. The zero-order valence-corrected chi connectivity index (χ0v) is 23.9. The van der Waals surface area contributed by atoms with Gasteiger partial charge in [0.1, 0.15) is 5.78 Å². The van der Waals surface area contributed by atoms with Gasteiger partial charge in [0, 0.05) is 24.8 Å². The van der Waals surface area contributed by atoms with E-state index in [0.29, 0.717) is 6.42 Å². The minimum Gasteiger partial charge on any atom is -0.392 e. The third-order valence-corrected chi connectivity index (χ3v) is 9.34. The monoisotopic (exact) mass is 520 g/mol. The zero-order chi connectivity index (χ0) is 27.0. The summed E-state index contributed by atoms with van der Waals surface area (Å²) in [6.07, 6.45) is 3.09. The van der Waals surface area contributed by atoms with Crippen molar-refractivity contribution in [1.29, 1.82) is 0 Å². The van der Waals surface area contributed by atoms with Crippen molar-refractivity contribution < 1.29 is 24.5 Å². The normalized spacial score (nSPS) is 37.1. The Bertz CT molecular complexity index is 988. The third-order valence-electron chi connectivity index (χ3n) is 8.55. The SMILES string of the molecule is CC(=Cc1csc(C)n1)C1CC2OC2(C)CCCC(C)C(O)C(C)C(=O)C(C)(C)C(O)CC(=O)N1C. The van der Waals surface area contributed by atoms with E-state index in [1.807, 2.05) is 32.2 Å². The molecule has 0 saturated carbocycles. The molecule has 8 heteroatoms. The summed E-state index contributed by atoms with van der Waals surface area (Å²) in [5.41, 5.74) is 0.454. The van der Waals surface area contributed by atoms with Gasteiger partial charge in [0.05, 0.1) is 52.5 Å². The summed E-state index contributed by atoms with van der Waals surface area (Å²) in [6.45, 7) is 13.1.